The molecule has 0 aliphatic carbocycles. The van der Waals surface area contributed by atoms with Crippen LogP contribution in [0.15, 0.2) is 0 Å². The molecule has 0 radical (unpaired) electrons. The summed E-state index contributed by atoms with van der Waals surface area (Å²) >= 11 is 0. The van der Waals surface area contributed by atoms with E-state index in [9.17, 15) is 0 Å². The van der Waals surface area contributed by atoms with Crippen LogP contribution < -0.4 is 5.73 Å². The molecular formula is C15H32N2. The van der Waals surface area contributed by atoms with Gasteiger partial charge in [0.2, 0.25) is 0 Å². The van der Waals surface area contributed by atoms with Gasteiger partial charge in [-0.05, 0) is 53.9 Å². The monoisotopic (exact) mass is 240 g/mol. The van der Waals surface area contributed by atoms with E-state index in [0.29, 0.717) is 12.1 Å². The van der Waals surface area contributed by atoms with E-state index in [0.717, 1.165) is 12.8 Å². The smallest absolute Gasteiger partial charge is 0.0176 e. The summed E-state index contributed by atoms with van der Waals surface area (Å²) < 4.78 is 0. The molecule has 102 valence electrons. The van der Waals surface area contributed by atoms with Crippen molar-refractivity contribution >= 4 is 0 Å². The molecular weight excluding hydrogens is 208 g/mol. The van der Waals surface area contributed by atoms with Crippen molar-refractivity contribution in [2.24, 2.45) is 5.73 Å². The minimum Gasteiger partial charge on any atom is -0.328 e. The molecule has 1 unspecified atom stereocenters. The first-order chi connectivity index (χ1) is 7.70. The molecule has 2 heteroatoms. The van der Waals surface area contributed by atoms with E-state index in [2.05, 4.69) is 46.4 Å². The molecule has 0 saturated carbocycles. The van der Waals surface area contributed by atoms with Crippen LogP contribution in [-0.2, 0) is 0 Å². The fourth-order valence-electron chi connectivity index (χ4n) is 4.19. The summed E-state index contributed by atoms with van der Waals surface area (Å²) in [6, 6.07) is 1.02. The van der Waals surface area contributed by atoms with Crippen molar-refractivity contribution in [2.45, 2.75) is 96.8 Å². The van der Waals surface area contributed by atoms with E-state index < -0.39 is 0 Å². The lowest BCUT2D eigenvalue weighted by Gasteiger charge is -2.57. The second-order valence-corrected chi connectivity index (χ2v) is 7.15. The molecule has 1 atom stereocenters. The maximum Gasteiger partial charge on any atom is 0.0176 e. The number of nitrogens with two attached hydrogens (primary N) is 1. The third-order valence-electron chi connectivity index (χ3n) is 4.24. The van der Waals surface area contributed by atoms with Gasteiger partial charge in [0.15, 0.2) is 0 Å². The summed E-state index contributed by atoms with van der Waals surface area (Å²) in [6.45, 7) is 14.1. The fraction of sp³-hybridized carbons (Fsp3) is 1.00. The normalized spacial score (nSPS) is 27.0. The Morgan fingerprint density at radius 2 is 1.65 bits per heavy atom. The highest BCUT2D eigenvalue weighted by Crippen LogP contribution is 2.40. The highest BCUT2D eigenvalue weighted by atomic mass is 15.3. The molecule has 2 N–H and O–H groups in total. The van der Waals surface area contributed by atoms with Gasteiger partial charge in [-0.1, -0.05) is 19.8 Å². The number of likely N-dealkylation sites (tertiary alicyclic amines) is 1. The minimum atomic E-state index is 0.230. The zero-order valence-electron chi connectivity index (χ0n) is 12.7. The van der Waals surface area contributed by atoms with Crippen molar-refractivity contribution in [1.82, 2.24) is 4.90 Å². The van der Waals surface area contributed by atoms with Gasteiger partial charge in [0.05, 0.1) is 0 Å². The summed E-state index contributed by atoms with van der Waals surface area (Å²) in [6.07, 6.45) is 6.16. The number of hydrogen-bond donors (Lipinski definition) is 1. The average Bonchev–Trinajstić information content (AvgIpc) is 2.09. The fourth-order valence-corrected chi connectivity index (χ4v) is 4.19. The van der Waals surface area contributed by atoms with E-state index in [1.54, 1.807) is 0 Å². The highest BCUT2D eigenvalue weighted by Gasteiger charge is 2.45. The van der Waals surface area contributed by atoms with Crippen LogP contribution in [-0.4, -0.2) is 28.1 Å². The minimum absolute atomic E-state index is 0.230. The quantitative estimate of drug-likeness (QED) is 0.814. The SMILES string of the molecule is CCCCC(C)N1C(C)(C)CC(N)CC1(C)C. The van der Waals surface area contributed by atoms with E-state index >= 15 is 0 Å². The van der Waals surface area contributed by atoms with Gasteiger partial charge in [-0.15, -0.1) is 0 Å². The van der Waals surface area contributed by atoms with Gasteiger partial charge in [-0.25, -0.2) is 0 Å². The topological polar surface area (TPSA) is 29.3 Å². The zero-order valence-corrected chi connectivity index (χ0v) is 12.7. The van der Waals surface area contributed by atoms with Crippen LogP contribution in [0.3, 0.4) is 0 Å². The van der Waals surface area contributed by atoms with Crippen LogP contribution in [0.2, 0.25) is 0 Å². The Bertz CT molecular complexity index is 227. The maximum atomic E-state index is 6.22. The first kappa shape index (κ1) is 15.0. The molecule has 0 amide bonds. The first-order valence-corrected chi connectivity index (χ1v) is 7.26. The van der Waals surface area contributed by atoms with Gasteiger partial charge in [0.25, 0.3) is 0 Å². The Balaban J connectivity index is 2.84. The second kappa shape index (κ2) is 5.27. The van der Waals surface area contributed by atoms with Crippen molar-refractivity contribution in [3.63, 3.8) is 0 Å². The zero-order chi connectivity index (χ0) is 13.3. The van der Waals surface area contributed by atoms with E-state index in [1.165, 1.54) is 19.3 Å². The van der Waals surface area contributed by atoms with Gasteiger partial charge < -0.3 is 5.73 Å². The third kappa shape index (κ3) is 3.45. The van der Waals surface area contributed by atoms with Crippen molar-refractivity contribution in [1.29, 1.82) is 0 Å². The molecule has 0 spiro atoms. The predicted octanol–water partition coefficient (Wildman–Crippen LogP) is 3.55. The molecule has 1 fully saturated rings. The lowest BCUT2D eigenvalue weighted by molar-refractivity contribution is -0.0652. The Labute approximate surface area is 108 Å². The van der Waals surface area contributed by atoms with Gasteiger partial charge in [-0.2, -0.15) is 0 Å². The van der Waals surface area contributed by atoms with Gasteiger partial charge in [0.1, 0.15) is 0 Å². The second-order valence-electron chi connectivity index (χ2n) is 7.15. The predicted molar refractivity (Wildman–Crippen MR) is 76.2 cm³/mol. The van der Waals surface area contributed by atoms with Crippen molar-refractivity contribution < 1.29 is 0 Å². The highest BCUT2D eigenvalue weighted by molar-refractivity contribution is 5.03. The Hall–Kier alpha value is -0.0800. The first-order valence-electron chi connectivity index (χ1n) is 7.26. The molecule has 2 nitrogen and oxygen atoms in total. The van der Waals surface area contributed by atoms with E-state index in [4.69, 9.17) is 5.73 Å². The molecule has 0 aromatic heterocycles. The largest absolute Gasteiger partial charge is 0.328 e. The lowest BCUT2D eigenvalue weighted by Crippen LogP contribution is -2.65. The van der Waals surface area contributed by atoms with E-state index in [-0.39, 0.29) is 11.1 Å². The van der Waals surface area contributed by atoms with Crippen molar-refractivity contribution in [3.8, 4) is 0 Å². The molecule has 1 heterocycles. The van der Waals surface area contributed by atoms with Crippen LogP contribution in [0.1, 0.15) is 73.6 Å². The van der Waals surface area contributed by atoms with Crippen LogP contribution >= 0.6 is 0 Å². The summed E-state index contributed by atoms with van der Waals surface area (Å²) in [5.74, 6) is 0. The summed E-state index contributed by atoms with van der Waals surface area (Å²) in [5.41, 5.74) is 6.68. The molecule has 0 bridgehead atoms. The van der Waals surface area contributed by atoms with Gasteiger partial charge in [-0.3, -0.25) is 4.90 Å². The Morgan fingerprint density at radius 1 is 1.18 bits per heavy atom. The number of hydrogen-bond acceptors (Lipinski definition) is 2. The Morgan fingerprint density at radius 3 is 2.06 bits per heavy atom. The molecule has 1 rings (SSSR count). The van der Waals surface area contributed by atoms with Crippen LogP contribution in [0.4, 0.5) is 0 Å². The summed E-state index contributed by atoms with van der Waals surface area (Å²) in [4.78, 5) is 2.72. The van der Waals surface area contributed by atoms with Crippen molar-refractivity contribution in [2.75, 3.05) is 0 Å². The standard InChI is InChI=1S/C15H32N2/c1-7-8-9-12(2)17-14(3,4)10-13(16)11-15(17,5)6/h12-13H,7-11,16H2,1-6H3. The Kier molecular flexibility index (Phi) is 4.65. The average molecular weight is 240 g/mol. The summed E-state index contributed by atoms with van der Waals surface area (Å²) in [7, 11) is 0. The molecule has 0 aromatic carbocycles. The molecule has 0 aromatic rings. The van der Waals surface area contributed by atoms with Crippen molar-refractivity contribution in [3.05, 3.63) is 0 Å². The summed E-state index contributed by atoms with van der Waals surface area (Å²) in [5, 5.41) is 0. The molecule has 1 aliphatic rings. The van der Waals surface area contributed by atoms with Crippen LogP contribution in [0.25, 0.3) is 0 Å². The van der Waals surface area contributed by atoms with E-state index in [1.807, 2.05) is 0 Å². The van der Waals surface area contributed by atoms with Gasteiger partial charge in [0, 0.05) is 23.2 Å². The molecule has 1 aliphatic heterocycles. The van der Waals surface area contributed by atoms with Crippen LogP contribution in [0.5, 0.6) is 0 Å². The number of nitrogens with zero attached hydrogens (tertiary/aromatic N) is 1. The molecule has 1 saturated heterocycles. The molecule has 17 heavy (non-hydrogen) atoms. The number of rotatable bonds is 4. The third-order valence-corrected chi connectivity index (χ3v) is 4.24. The van der Waals surface area contributed by atoms with Gasteiger partial charge >= 0.3 is 0 Å². The number of unbranched alkanes of at least 4 members (excludes halogenated alkanes) is 1. The maximum absolute atomic E-state index is 6.22. The van der Waals surface area contributed by atoms with Crippen LogP contribution in [0, 0.1) is 0 Å². The number of piperidine rings is 1. The lowest BCUT2D eigenvalue weighted by atomic mass is 9.76.